The molecule has 0 N–H and O–H groups in total. The first kappa shape index (κ1) is 19.7. The number of ether oxygens (including phenoxy) is 3. The van der Waals surface area contributed by atoms with Gasteiger partial charge in [-0.1, -0.05) is 30.3 Å². The second-order valence-corrected chi connectivity index (χ2v) is 7.07. The quantitative estimate of drug-likeness (QED) is 0.738. The Morgan fingerprint density at radius 3 is 2.14 bits per heavy atom. The Morgan fingerprint density at radius 1 is 0.964 bits per heavy atom. The maximum atomic E-state index is 12.8. The van der Waals surface area contributed by atoms with Crippen molar-refractivity contribution in [3.8, 4) is 5.75 Å². The highest BCUT2D eigenvalue weighted by atomic mass is 16.5. The number of hydrogen-bond acceptors (Lipinski definition) is 6. The molecule has 6 heteroatoms. The number of anilines is 1. The molecule has 6 nitrogen and oxygen atoms in total. The van der Waals surface area contributed by atoms with Gasteiger partial charge in [-0.25, -0.2) is 4.79 Å². The average Bonchev–Trinajstić information content (AvgIpc) is 3.07. The lowest BCUT2D eigenvalue weighted by atomic mass is 9.78. The molecule has 3 rings (SSSR count). The average molecular weight is 383 g/mol. The van der Waals surface area contributed by atoms with Crippen LogP contribution in [0.25, 0.3) is 0 Å². The fraction of sp³-hybridized carbons (Fsp3) is 0.364. The summed E-state index contributed by atoms with van der Waals surface area (Å²) in [5.41, 5.74) is 0.810. The van der Waals surface area contributed by atoms with Crippen LogP contribution in [0.15, 0.2) is 54.6 Å². The summed E-state index contributed by atoms with van der Waals surface area (Å²) in [6, 6.07) is 16.1. The van der Waals surface area contributed by atoms with Gasteiger partial charge in [-0.05, 0) is 43.2 Å². The van der Waals surface area contributed by atoms with E-state index in [0.717, 1.165) is 11.3 Å². The van der Waals surface area contributed by atoms with Crippen LogP contribution in [-0.4, -0.2) is 39.3 Å². The molecule has 2 aromatic carbocycles. The highest BCUT2D eigenvalue weighted by Gasteiger charge is 2.57. The summed E-state index contributed by atoms with van der Waals surface area (Å²) in [4.78, 5) is 27.4. The minimum absolute atomic E-state index is 0.290. The lowest BCUT2D eigenvalue weighted by Gasteiger charge is -2.36. The van der Waals surface area contributed by atoms with Crippen molar-refractivity contribution in [3.63, 3.8) is 0 Å². The maximum Gasteiger partial charge on any atom is 0.328 e. The minimum atomic E-state index is -0.922. The largest absolute Gasteiger partial charge is 0.497 e. The molecule has 148 valence electrons. The molecule has 0 aromatic heterocycles. The highest BCUT2D eigenvalue weighted by Crippen LogP contribution is 2.52. The van der Waals surface area contributed by atoms with Gasteiger partial charge in [0.05, 0.1) is 32.8 Å². The zero-order chi connectivity index (χ0) is 20.3. The van der Waals surface area contributed by atoms with Gasteiger partial charge in [0.1, 0.15) is 11.8 Å². The number of carbonyl (C=O) groups excluding carboxylic acids is 2. The molecule has 1 aliphatic heterocycles. The van der Waals surface area contributed by atoms with Crippen molar-refractivity contribution in [3.05, 3.63) is 60.2 Å². The maximum absolute atomic E-state index is 12.8. The minimum Gasteiger partial charge on any atom is -0.497 e. The highest BCUT2D eigenvalue weighted by molar-refractivity contribution is 5.87. The predicted octanol–water partition coefficient (Wildman–Crippen LogP) is 3.37. The number of hydrogen-bond donors (Lipinski definition) is 0. The molecular weight excluding hydrogens is 358 g/mol. The molecular formula is C22H25NO5. The normalized spacial score (nSPS) is 23.9. The summed E-state index contributed by atoms with van der Waals surface area (Å²) in [5, 5.41) is 0. The Hall–Kier alpha value is -3.02. The fourth-order valence-corrected chi connectivity index (χ4v) is 4.11. The van der Waals surface area contributed by atoms with E-state index in [-0.39, 0.29) is 18.4 Å². The smallest absolute Gasteiger partial charge is 0.328 e. The molecule has 0 saturated carbocycles. The summed E-state index contributed by atoms with van der Waals surface area (Å²) in [6.07, 6.45) is 0.290. The van der Waals surface area contributed by atoms with Gasteiger partial charge in [-0.3, -0.25) is 4.79 Å². The molecule has 3 atom stereocenters. The van der Waals surface area contributed by atoms with Crippen molar-refractivity contribution in [1.82, 2.24) is 0 Å². The molecule has 1 saturated heterocycles. The van der Waals surface area contributed by atoms with Crippen molar-refractivity contribution < 1.29 is 23.8 Å². The van der Waals surface area contributed by atoms with Gasteiger partial charge in [0.15, 0.2) is 0 Å². The van der Waals surface area contributed by atoms with Crippen LogP contribution in [0.1, 0.15) is 24.9 Å². The third-order valence-electron chi connectivity index (χ3n) is 5.45. The molecule has 0 radical (unpaired) electrons. The van der Waals surface area contributed by atoms with Crippen LogP contribution < -0.4 is 9.64 Å². The molecule has 0 unspecified atom stereocenters. The van der Waals surface area contributed by atoms with E-state index in [1.54, 1.807) is 7.11 Å². The van der Waals surface area contributed by atoms with E-state index in [0.29, 0.717) is 5.75 Å². The van der Waals surface area contributed by atoms with Crippen molar-refractivity contribution in [2.75, 3.05) is 26.2 Å². The fourth-order valence-electron chi connectivity index (χ4n) is 4.11. The molecule has 0 bridgehead atoms. The van der Waals surface area contributed by atoms with Crippen LogP contribution in [0.4, 0.5) is 5.69 Å². The Kier molecular flexibility index (Phi) is 5.58. The number of nitrogens with zero attached hydrogens (tertiary/aromatic N) is 1. The molecule has 1 heterocycles. The molecule has 0 spiro atoms. The van der Waals surface area contributed by atoms with Crippen LogP contribution in [0.3, 0.4) is 0 Å². The Morgan fingerprint density at radius 2 is 1.61 bits per heavy atom. The van der Waals surface area contributed by atoms with E-state index in [1.165, 1.54) is 14.2 Å². The summed E-state index contributed by atoms with van der Waals surface area (Å²) in [7, 11) is 4.34. The lowest BCUT2D eigenvalue weighted by molar-refractivity contribution is -0.152. The number of methoxy groups -OCH3 is 3. The first-order valence-electron chi connectivity index (χ1n) is 9.10. The molecule has 28 heavy (non-hydrogen) atoms. The van der Waals surface area contributed by atoms with E-state index in [2.05, 4.69) is 0 Å². The zero-order valence-corrected chi connectivity index (χ0v) is 16.5. The van der Waals surface area contributed by atoms with Crippen molar-refractivity contribution in [2.24, 2.45) is 5.41 Å². The zero-order valence-electron chi connectivity index (χ0n) is 16.5. The summed E-state index contributed by atoms with van der Waals surface area (Å²) in [5.74, 6) is -0.0276. The third kappa shape index (κ3) is 3.30. The van der Waals surface area contributed by atoms with Crippen LogP contribution in [0.5, 0.6) is 5.75 Å². The van der Waals surface area contributed by atoms with Gasteiger partial charge in [0, 0.05) is 5.69 Å². The lowest BCUT2D eigenvalue weighted by Crippen LogP contribution is -2.40. The number of carbonyl (C=O) groups is 2. The van der Waals surface area contributed by atoms with Gasteiger partial charge in [-0.2, -0.15) is 0 Å². The molecule has 1 aliphatic rings. The van der Waals surface area contributed by atoms with E-state index in [9.17, 15) is 9.59 Å². The molecule has 1 fully saturated rings. The second kappa shape index (κ2) is 7.92. The molecule has 0 aliphatic carbocycles. The van der Waals surface area contributed by atoms with Crippen LogP contribution in [0.2, 0.25) is 0 Å². The standard InChI is InChI=1S/C22H25NO5/c1-22(21(25)28-4)14-18(20(24)27-3)23(16-10-12-17(26-2)13-11-16)19(22)15-8-6-5-7-9-15/h5-13,18-19H,14H2,1-4H3/t18-,19+,22+/m1/s1. The Balaban J connectivity index is 2.18. The number of rotatable bonds is 5. The Labute approximate surface area is 165 Å². The van der Waals surface area contributed by atoms with E-state index in [4.69, 9.17) is 14.2 Å². The SMILES string of the molecule is COC(=O)[C@H]1C[C@](C)(C(=O)OC)[C@H](c2ccccc2)N1c1ccc(OC)cc1. The summed E-state index contributed by atoms with van der Waals surface area (Å²) >= 11 is 0. The topological polar surface area (TPSA) is 65.1 Å². The van der Waals surface area contributed by atoms with Crippen molar-refractivity contribution >= 4 is 17.6 Å². The third-order valence-corrected chi connectivity index (χ3v) is 5.45. The van der Waals surface area contributed by atoms with Crippen LogP contribution in [-0.2, 0) is 19.1 Å². The monoisotopic (exact) mass is 383 g/mol. The van der Waals surface area contributed by atoms with Crippen LogP contribution in [0, 0.1) is 5.41 Å². The van der Waals surface area contributed by atoms with Gasteiger partial charge in [0.25, 0.3) is 0 Å². The first-order valence-corrected chi connectivity index (χ1v) is 9.10. The molecule has 2 aromatic rings. The molecule has 0 amide bonds. The predicted molar refractivity (Wildman–Crippen MR) is 105 cm³/mol. The van der Waals surface area contributed by atoms with Crippen molar-refractivity contribution in [1.29, 1.82) is 0 Å². The van der Waals surface area contributed by atoms with E-state index in [1.807, 2.05) is 66.4 Å². The summed E-state index contributed by atoms with van der Waals surface area (Å²) < 4.78 is 15.4. The number of benzene rings is 2. The second-order valence-electron chi connectivity index (χ2n) is 7.07. The van der Waals surface area contributed by atoms with Crippen molar-refractivity contribution in [2.45, 2.75) is 25.4 Å². The van der Waals surface area contributed by atoms with E-state index >= 15 is 0 Å². The Bertz CT molecular complexity index is 836. The number of esters is 2. The first-order chi connectivity index (χ1) is 13.5. The van der Waals surface area contributed by atoms with Crippen LogP contribution >= 0.6 is 0 Å². The van der Waals surface area contributed by atoms with Gasteiger partial charge in [0.2, 0.25) is 0 Å². The van der Waals surface area contributed by atoms with Gasteiger partial charge >= 0.3 is 11.9 Å². The van der Waals surface area contributed by atoms with E-state index < -0.39 is 17.5 Å². The van der Waals surface area contributed by atoms with Gasteiger partial charge in [-0.15, -0.1) is 0 Å². The van der Waals surface area contributed by atoms with Gasteiger partial charge < -0.3 is 19.1 Å². The summed E-state index contributed by atoms with van der Waals surface area (Å²) in [6.45, 7) is 1.84.